The van der Waals surface area contributed by atoms with Crippen LogP contribution < -0.4 is 10.2 Å². The van der Waals surface area contributed by atoms with Gasteiger partial charge < -0.3 is 4.74 Å². The minimum atomic E-state index is -0.462. The molecule has 0 aliphatic heterocycles. The minimum Gasteiger partial charge on any atom is -0.494 e. The van der Waals surface area contributed by atoms with Crippen molar-refractivity contribution in [2.45, 2.75) is 46.5 Å². The summed E-state index contributed by atoms with van der Waals surface area (Å²) in [4.78, 5) is 12.1. The van der Waals surface area contributed by atoms with Crippen LogP contribution in [0.3, 0.4) is 0 Å². The van der Waals surface area contributed by atoms with Crippen LogP contribution in [0.2, 0.25) is 0 Å². The molecule has 2 fully saturated rings. The van der Waals surface area contributed by atoms with E-state index in [1.54, 1.807) is 6.07 Å². The number of ether oxygens (including phenoxy) is 1. The Kier molecular flexibility index (Phi) is 4.14. The van der Waals surface area contributed by atoms with Crippen molar-refractivity contribution in [3.63, 3.8) is 0 Å². The molecule has 0 unspecified atom stereocenters. The number of nitrogens with zero attached hydrogens (tertiary/aromatic N) is 1. The maximum absolute atomic E-state index is 13.7. The van der Waals surface area contributed by atoms with Crippen LogP contribution in [-0.4, -0.2) is 18.7 Å². The molecule has 0 heterocycles. The van der Waals surface area contributed by atoms with Gasteiger partial charge in [0.1, 0.15) is 0 Å². The standard InChI is InChI=1S/C19H25FN2O2/c1-18(2)13-7-8-19(18,3)16(11-13)21-22-17(23)10-12-5-6-15(24-4)14(20)9-12/h5-6,9,13H,7-8,10-11H2,1-4H3,(H,22,23)/b21-16-/t13-,19+/m0/s1. The van der Waals surface area contributed by atoms with Gasteiger partial charge >= 0.3 is 0 Å². The van der Waals surface area contributed by atoms with Crippen LogP contribution in [0.1, 0.15) is 45.6 Å². The first-order valence-electron chi connectivity index (χ1n) is 8.46. The fourth-order valence-electron chi connectivity index (χ4n) is 4.27. The van der Waals surface area contributed by atoms with E-state index in [0.717, 1.165) is 18.6 Å². The second-order valence-electron chi connectivity index (χ2n) is 7.73. The Morgan fingerprint density at radius 2 is 2.17 bits per heavy atom. The Balaban J connectivity index is 1.65. The van der Waals surface area contributed by atoms with Crippen molar-refractivity contribution >= 4 is 11.6 Å². The summed E-state index contributed by atoms with van der Waals surface area (Å²) in [5.41, 5.74) is 4.66. The molecule has 0 radical (unpaired) electrons. The highest BCUT2D eigenvalue weighted by atomic mass is 19.1. The Labute approximate surface area is 142 Å². The minimum absolute atomic E-state index is 0.0666. The maximum atomic E-state index is 13.7. The first kappa shape index (κ1) is 16.9. The molecule has 4 nitrogen and oxygen atoms in total. The van der Waals surface area contributed by atoms with Crippen LogP contribution in [-0.2, 0) is 11.2 Å². The predicted octanol–water partition coefficient (Wildman–Crippen LogP) is 3.70. The number of fused-ring (bicyclic) bond motifs is 2. The van der Waals surface area contributed by atoms with Gasteiger partial charge in [-0.1, -0.05) is 26.8 Å². The number of rotatable bonds is 4. The quantitative estimate of drug-likeness (QED) is 0.855. The second-order valence-corrected chi connectivity index (χ2v) is 7.73. The molecular formula is C19H25FN2O2. The highest BCUT2D eigenvalue weighted by Crippen LogP contribution is 2.63. The number of amides is 1. The van der Waals surface area contributed by atoms with E-state index in [4.69, 9.17) is 4.74 Å². The summed E-state index contributed by atoms with van der Waals surface area (Å²) in [6, 6.07) is 4.55. The zero-order valence-electron chi connectivity index (χ0n) is 14.8. The highest BCUT2D eigenvalue weighted by Gasteiger charge is 2.59. The first-order valence-corrected chi connectivity index (χ1v) is 8.46. The Hall–Kier alpha value is -1.91. The van der Waals surface area contributed by atoms with Crippen LogP contribution in [0.5, 0.6) is 5.75 Å². The van der Waals surface area contributed by atoms with E-state index in [0.29, 0.717) is 11.5 Å². The monoisotopic (exact) mass is 332 g/mol. The zero-order valence-corrected chi connectivity index (χ0v) is 14.8. The third-order valence-corrected chi connectivity index (χ3v) is 6.41. The molecule has 2 aliphatic carbocycles. The van der Waals surface area contributed by atoms with E-state index < -0.39 is 5.82 Å². The molecule has 1 aromatic rings. The summed E-state index contributed by atoms with van der Waals surface area (Å²) in [6.45, 7) is 6.86. The summed E-state index contributed by atoms with van der Waals surface area (Å²) in [5.74, 6) is 0.137. The molecule has 2 saturated carbocycles. The lowest BCUT2D eigenvalue weighted by Crippen LogP contribution is -2.34. The summed E-state index contributed by atoms with van der Waals surface area (Å²) in [7, 11) is 1.41. The van der Waals surface area contributed by atoms with Crippen LogP contribution in [0.4, 0.5) is 4.39 Å². The van der Waals surface area contributed by atoms with E-state index in [9.17, 15) is 9.18 Å². The number of nitrogens with one attached hydrogen (secondary N) is 1. The summed E-state index contributed by atoms with van der Waals surface area (Å²) < 4.78 is 18.6. The van der Waals surface area contributed by atoms with Gasteiger partial charge in [0, 0.05) is 11.1 Å². The summed E-state index contributed by atoms with van der Waals surface area (Å²) in [6.07, 6.45) is 3.42. The van der Waals surface area contributed by atoms with Gasteiger partial charge in [-0.3, -0.25) is 4.79 Å². The summed E-state index contributed by atoms with van der Waals surface area (Å²) in [5, 5.41) is 4.42. The van der Waals surface area contributed by atoms with Crippen molar-refractivity contribution in [2.24, 2.45) is 21.8 Å². The van der Waals surface area contributed by atoms with Gasteiger partial charge in [-0.05, 0) is 48.3 Å². The van der Waals surface area contributed by atoms with Gasteiger partial charge in [-0.15, -0.1) is 0 Å². The Morgan fingerprint density at radius 1 is 1.42 bits per heavy atom. The molecule has 5 heteroatoms. The van der Waals surface area contributed by atoms with E-state index >= 15 is 0 Å². The molecule has 130 valence electrons. The highest BCUT2D eigenvalue weighted by molar-refractivity contribution is 5.95. The van der Waals surface area contributed by atoms with Crippen LogP contribution in [0.25, 0.3) is 0 Å². The van der Waals surface area contributed by atoms with Crippen molar-refractivity contribution < 1.29 is 13.9 Å². The second kappa shape index (κ2) is 5.87. The number of benzene rings is 1. The van der Waals surface area contributed by atoms with Gasteiger partial charge in [0.15, 0.2) is 11.6 Å². The number of methoxy groups -OCH3 is 1. The number of hydrogen-bond donors (Lipinski definition) is 1. The molecule has 2 atom stereocenters. The van der Waals surface area contributed by atoms with Crippen molar-refractivity contribution in [2.75, 3.05) is 7.11 Å². The van der Waals surface area contributed by atoms with E-state index in [-0.39, 0.29) is 28.9 Å². The maximum Gasteiger partial charge on any atom is 0.244 e. The fraction of sp³-hybridized carbons (Fsp3) is 0.579. The number of carbonyl (C=O) groups excluding carboxylic acids is 1. The third kappa shape index (κ3) is 2.60. The molecule has 2 aliphatic rings. The molecular weight excluding hydrogens is 307 g/mol. The Bertz CT molecular complexity index is 699. The molecule has 0 saturated heterocycles. The number of hydrazone groups is 1. The van der Waals surface area contributed by atoms with Gasteiger partial charge in [-0.25, -0.2) is 9.82 Å². The number of carbonyl (C=O) groups is 1. The lowest BCUT2D eigenvalue weighted by atomic mass is 9.70. The molecule has 0 aromatic heterocycles. The zero-order chi connectivity index (χ0) is 17.5. The predicted molar refractivity (Wildman–Crippen MR) is 91.5 cm³/mol. The van der Waals surface area contributed by atoms with Crippen molar-refractivity contribution in [3.05, 3.63) is 29.6 Å². The van der Waals surface area contributed by atoms with E-state index in [1.807, 2.05) is 0 Å². The molecule has 1 N–H and O–H groups in total. The van der Waals surface area contributed by atoms with Gasteiger partial charge in [0.2, 0.25) is 5.91 Å². The SMILES string of the molecule is COc1ccc(CC(=O)N/N=C2/C[C@@H]3CC[C@@]2(C)C3(C)C)cc1F. The molecule has 1 amide bonds. The summed E-state index contributed by atoms with van der Waals surface area (Å²) >= 11 is 0. The largest absolute Gasteiger partial charge is 0.494 e. The number of halogens is 1. The van der Waals surface area contributed by atoms with E-state index in [2.05, 4.69) is 31.3 Å². The molecule has 0 spiro atoms. The lowest BCUT2D eigenvalue weighted by molar-refractivity contribution is -0.120. The van der Waals surface area contributed by atoms with Gasteiger partial charge in [-0.2, -0.15) is 5.10 Å². The average molecular weight is 332 g/mol. The third-order valence-electron chi connectivity index (χ3n) is 6.41. The first-order chi connectivity index (χ1) is 11.3. The van der Waals surface area contributed by atoms with Crippen molar-refractivity contribution in [3.8, 4) is 5.75 Å². The van der Waals surface area contributed by atoms with Crippen LogP contribution in [0.15, 0.2) is 23.3 Å². The number of hydrogen-bond acceptors (Lipinski definition) is 3. The van der Waals surface area contributed by atoms with Crippen molar-refractivity contribution in [1.29, 1.82) is 0 Å². The van der Waals surface area contributed by atoms with E-state index in [1.165, 1.54) is 25.7 Å². The smallest absolute Gasteiger partial charge is 0.244 e. The van der Waals surface area contributed by atoms with Crippen molar-refractivity contribution in [1.82, 2.24) is 5.43 Å². The van der Waals surface area contributed by atoms with Gasteiger partial charge in [0.05, 0.1) is 13.5 Å². The van der Waals surface area contributed by atoms with Crippen LogP contribution >= 0.6 is 0 Å². The lowest BCUT2D eigenvalue weighted by Gasteiger charge is -2.34. The Morgan fingerprint density at radius 3 is 2.71 bits per heavy atom. The molecule has 24 heavy (non-hydrogen) atoms. The average Bonchev–Trinajstić information content (AvgIpc) is 2.86. The molecule has 2 bridgehead atoms. The topological polar surface area (TPSA) is 50.7 Å². The normalized spacial score (nSPS) is 29.0. The fourth-order valence-corrected chi connectivity index (χ4v) is 4.27. The molecule has 1 aromatic carbocycles. The van der Waals surface area contributed by atoms with Gasteiger partial charge in [0.25, 0.3) is 0 Å². The van der Waals surface area contributed by atoms with Crippen LogP contribution in [0, 0.1) is 22.6 Å². The molecule has 3 rings (SSSR count).